The lowest BCUT2D eigenvalue weighted by atomic mass is 9.91. The average molecular weight is 228 g/mol. The maximum absolute atomic E-state index is 10.1. The maximum atomic E-state index is 10.1. The smallest absolute Gasteiger partial charge is 0.0913 e. The molecule has 0 aromatic carbocycles. The van der Waals surface area contributed by atoms with Crippen LogP contribution in [0.3, 0.4) is 0 Å². The van der Waals surface area contributed by atoms with Gasteiger partial charge in [0.05, 0.1) is 17.8 Å². The van der Waals surface area contributed by atoms with Gasteiger partial charge in [0.2, 0.25) is 0 Å². The van der Waals surface area contributed by atoms with Crippen molar-refractivity contribution < 1.29 is 14.6 Å². The second-order valence-corrected chi connectivity index (χ2v) is 5.35. The van der Waals surface area contributed by atoms with Gasteiger partial charge in [-0.25, -0.2) is 0 Å². The third-order valence-corrected chi connectivity index (χ3v) is 3.98. The van der Waals surface area contributed by atoms with Crippen LogP contribution in [0.5, 0.6) is 0 Å². The Bertz CT molecular complexity index is 205. The van der Waals surface area contributed by atoms with Crippen molar-refractivity contribution in [2.45, 2.75) is 69.7 Å². The van der Waals surface area contributed by atoms with E-state index < -0.39 is 0 Å². The molecule has 94 valence electrons. The van der Waals surface area contributed by atoms with Crippen LogP contribution in [0.25, 0.3) is 0 Å². The highest BCUT2D eigenvalue weighted by molar-refractivity contribution is 4.87. The summed E-state index contributed by atoms with van der Waals surface area (Å²) < 4.78 is 11.2. The molecule has 3 unspecified atom stereocenters. The van der Waals surface area contributed by atoms with E-state index >= 15 is 0 Å². The molecule has 2 saturated heterocycles. The van der Waals surface area contributed by atoms with Crippen molar-refractivity contribution in [2.24, 2.45) is 0 Å². The predicted octanol–water partition coefficient (Wildman–Crippen LogP) is 2.27. The van der Waals surface area contributed by atoms with Gasteiger partial charge in [-0.05, 0) is 51.9 Å². The minimum Gasteiger partial charge on any atom is -0.390 e. The number of hydrogen-bond donors (Lipinski definition) is 1. The molecule has 2 aliphatic heterocycles. The van der Waals surface area contributed by atoms with Gasteiger partial charge in [-0.2, -0.15) is 0 Å². The van der Waals surface area contributed by atoms with Gasteiger partial charge in [0.15, 0.2) is 0 Å². The highest BCUT2D eigenvalue weighted by atomic mass is 16.5. The predicted molar refractivity (Wildman–Crippen MR) is 62.4 cm³/mol. The maximum Gasteiger partial charge on any atom is 0.0913 e. The molecule has 0 saturated carbocycles. The first-order valence-electron chi connectivity index (χ1n) is 6.64. The van der Waals surface area contributed by atoms with Crippen molar-refractivity contribution in [3.63, 3.8) is 0 Å². The fourth-order valence-electron chi connectivity index (χ4n) is 2.78. The van der Waals surface area contributed by atoms with Crippen molar-refractivity contribution >= 4 is 0 Å². The van der Waals surface area contributed by atoms with Gasteiger partial charge in [-0.1, -0.05) is 0 Å². The molecule has 1 N–H and O–H groups in total. The molecule has 2 rings (SSSR count). The van der Waals surface area contributed by atoms with Crippen LogP contribution in [-0.4, -0.2) is 36.1 Å². The summed E-state index contributed by atoms with van der Waals surface area (Å²) >= 11 is 0. The second-order valence-electron chi connectivity index (χ2n) is 5.35. The molecule has 0 radical (unpaired) electrons. The molecule has 3 nitrogen and oxygen atoms in total. The molecule has 3 atom stereocenters. The topological polar surface area (TPSA) is 38.7 Å². The van der Waals surface area contributed by atoms with Gasteiger partial charge in [0.25, 0.3) is 0 Å². The molecule has 2 fully saturated rings. The van der Waals surface area contributed by atoms with Crippen LogP contribution >= 0.6 is 0 Å². The van der Waals surface area contributed by atoms with E-state index in [-0.39, 0.29) is 11.7 Å². The first-order valence-corrected chi connectivity index (χ1v) is 6.64. The van der Waals surface area contributed by atoms with Gasteiger partial charge >= 0.3 is 0 Å². The molecule has 0 amide bonds. The molecule has 3 heteroatoms. The number of hydrogen-bond acceptors (Lipinski definition) is 3. The number of aliphatic hydroxyl groups excluding tert-OH is 1. The number of rotatable bonds is 5. The van der Waals surface area contributed by atoms with E-state index in [4.69, 9.17) is 9.47 Å². The Labute approximate surface area is 98.1 Å². The first kappa shape index (κ1) is 12.3. The molecule has 0 aliphatic carbocycles. The summed E-state index contributed by atoms with van der Waals surface area (Å²) in [6.45, 7) is 3.77. The summed E-state index contributed by atoms with van der Waals surface area (Å²) in [6.07, 6.45) is 7.60. The Morgan fingerprint density at radius 3 is 2.88 bits per heavy atom. The van der Waals surface area contributed by atoms with Gasteiger partial charge in [-0.3, -0.25) is 0 Å². The van der Waals surface area contributed by atoms with Gasteiger partial charge < -0.3 is 14.6 Å². The number of aliphatic hydroxyl groups is 1. The van der Waals surface area contributed by atoms with E-state index in [1.807, 2.05) is 6.92 Å². The highest BCUT2D eigenvalue weighted by Gasteiger charge is 2.36. The van der Waals surface area contributed by atoms with Crippen LogP contribution in [0, 0.1) is 0 Å². The van der Waals surface area contributed by atoms with Crippen molar-refractivity contribution in [1.82, 2.24) is 0 Å². The Hall–Kier alpha value is -0.120. The summed E-state index contributed by atoms with van der Waals surface area (Å²) in [5.74, 6) is 0. The normalized spacial score (nSPS) is 36.8. The van der Waals surface area contributed by atoms with E-state index in [0.717, 1.165) is 45.3 Å². The van der Waals surface area contributed by atoms with Gasteiger partial charge in [0, 0.05) is 13.2 Å². The summed E-state index contributed by atoms with van der Waals surface area (Å²) in [5, 5.41) is 10.1. The van der Waals surface area contributed by atoms with Crippen molar-refractivity contribution in [1.29, 1.82) is 0 Å². The minimum absolute atomic E-state index is 0.281. The molecular weight excluding hydrogens is 204 g/mol. The Balaban J connectivity index is 1.64. The quantitative estimate of drug-likeness (QED) is 0.784. The molecule has 0 aromatic rings. The van der Waals surface area contributed by atoms with Crippen LogP contribution in [-0.2, 0) is 9.47 Å². The molecule has 0 bridgehead atoms. The van der Waals surface area contributed by atoms with Crippen LogP contribution < -0.4 is 0 Å². The third kappa shape index (κ3) is 2.96. The van der Waals surface area contributed by atoms with E-state index in [2.05, 4.69) is 0 Å². The minimum atomic E-state index is -0.309. The average Bonchev–Trinajstić information content (AvgIpc) is 2.90. The Morgan fingerprint density at radius 2 is 2.25 bits per heavy atom. The highest BCUT2D eigenvalue weighted by Crippen LogP contribution is 2.31. The van der Waals surface area contributed by atoms with Gasteiger partial charge in [-0.15, -0.1) is 0 Å². The van der Waals surface area contributed by atoms with E-state index in [1.54, 1.807) is 0 Å². The van der Waals surface area contributed by atoms with Crippen molar-refractivity contribution in [3.05, 3.63) is 0 Å². The van der Waals surface area contributed by atoms with Crippen LogP contribution in [0.2, 0.25) is 0 Å². The number of ether oxygens (including phenoxy) is 2. The van der Waals surface area contributed by atoms with Crippen molar-refractivity contribution in [2.75, 3.05) is 13.2 Å². The molecule has 2 heterocycles. The lowest BCUT2D eigenvalue weighted by Gasteiger charge is -2.29. The summed E-state index contributed by atoms with van der Waals surface area (Å²) in [5.41, 5.74) is -0.281. The zero-order valence-electron chi connectivity index (χ0n) is 10.3. The summed E-state index contributed by atoms with van der Waals surface area (Å²) in [4.78, 5) is 0. The molecule has 16 heavy (non-hydrogen) atoms. The Morgan fingerprint density at radius 1 is 1.38 bits per heavy atom. The zero-order chi connectivity index (χ0) is 11.4. The fraction of sp³-hybridized carbons (Fsp3) is 1.00. The molecule has 2 aliphatic rings. The van der Waals surface area contributed by atoms with Crippen LogP contribution in [0.1, 0.15) is 51.9 Å². The van der Waals surface area contributed by atoms with Crippen LogP contribution in [0.4, 0.5) is 0 Å². The van der Waals surface area contributed by atoms with Crippen molar-refractivity contribution in [3.8, 4) is 0 Å². The van der Waals surface area contributed by atoms with E-state index in [9.17, 15) is 5.11 Å². The largest absolute Gasteiger partial charge is 0.390 e. The zero-order valence-corrected chi connectivity index (χ0v) is 10.3. The monoisotopic (exact) mass is 228 g/mol. The summed E-state index contributed by atoms with van der Waals surface area (Å²) in [6, 6.07) is 0. The lowest BCUT2D eigenvalue weighted by molar-refractivity contribution is -0.0817. The summed E-state index contributed by atoms with van der Waals surface area (Å²) in [7, 11) is 0. The lowest BCUT2D eigenvalue weighted by Crippen LogP contribution is -2.38. The second kappa shape index (κ2) is 5.48. The van der Waals surface area contributed by atoms with Gasteiger partial charge in [0.1, 0.15) is 0 Å². The van der Waals surface area contributed by atoms with Crippen LogP contribution in [0.15, 0.2) is 0 Å². The SMILES string of the molecule is CC1(C(O)CCCC2CCCO2)CCCO1. The molecule has 0 spiro atoms. The molecule has 0 aromatic heterocycles. The first-order chi connectivity index (χ1) is 7.71. The van der Waals surface area contributed by atoms with E-state index in [0.29, 0.717) is 6.10 Å². The Kier molecular flexibility index (Phi) is 4.22. The fourth-order valence-corrected chi connectivity index (χ4v) is 2.78. The van der Waals surface area contributed by atoms with E-state index in [1.165, 1.54) is 12.8 Å². The standard InChI is InChI=1S/C13H24O3/c1-13(8-4-10-16-13)12(14)7-2-5-11-6-3-9-15-11/h11-12,14H,2-10H2,1H3. The molecular formula is C13H24O3. The third-order valence-electron chi connectivity index (χ3n) is 3.98.